The van der Waals surface area contributed by atoms with Gasteiger partial charge in [-0.3, -0.25) is 9.59 Å². The third kappa shape index (κ3) is 4.16. The number of hydrogen-bond donors (Lipinski definition) is 2. The molecule has 2 amide bonds. The molecule has 4 nitrogen and oxygen atoms in total. The highest BCUT2D eigenvalue weighted by molar-refractivity contribution is 5.94. The maximum Gasteiger partial charge on any atom is 0.251 e. The van der Waals surface area contributed by atoms with E-state index < -0.39 is 0 Å². The van der Waals surface area contributed by atoms with Gasteiger partial charge in [-0.2, -0.15) is 0 Å². The van der Waals surface area contributed by atoms with Crippen molar-refractivity contribution in [2.24, 2.45) is 5.92 Å². The molecule has 23 heavy (non-hydrogen) atoms. The zero-order chi connectivity index (χ0) is 16.2. The van der Waals surface area contributed by atoms with Gasteiger partial charge in [-0.15, -0.1) is 0 Å². The molecule has 0 aromatic heterocycles. The molecule has 0 atom stereocenters. The molecule has 1 aliphatic carbocycles. The number of anilines is 1. The first-order valence-corrected chi connectivity index (χ1v) is 7.55. The molecule has 0 spiro atoms. The van der Waals surface area contributed by atoms with Crippen LogP contribution in [0.4, 0.5) is 10.1 Å². The average Bonchev–Trinajstić information content (AvgIpc) is 3.39. The van der Waals surface area contributed by atoms with Crippen LogP contribution in [0.25, 0.3) is 0 Å². The van der Waals surface area contributed by atoms with Crippen LogP contribution in [-0.4, -0.2) is 11.8 Å². The fourth-order valence-corrected chi connectivity index (χ4v) is 2.18. The topological polar surface area (TPSA) is 58.2 Å². The van der Waals surface area contributed by atoms with Gasteiger partial charge in [-0.25, -0.2) is 4.39 Å². The Morgan fingerprint density at radius 1 is 1.00 bits per heavy atom. The van der Waals surface area contributed by atoms with Crippen LogP contribution in [-0.2, 0) is 11.3 Å². The van der Waals surface area contributed by atoms with Crippen molar-refractivity contribution in [2.75, 3.05) is 5.32 Å². The quantitative estimate of drug-likeness (QED) is 0.891. The molecule has 1 saturated carbocycles. The minimum atomic E-state index is -0.370. The molecule has 118 valence electrons. The molecule has 0 bridgehead atoms. The molecule has 2 N–H and O–H groups in total. The first-order chi connectivity index (χ1) is 11.1. The van der Waals surface area contributed by atoms with E-state index in [2.05, 4.69) is 10.6 Å². The first kappa shape index (κ1) is 15.2. The summed E-state index contributed by atoms with van der Waals surface area (Å²) in [5.74, 6) is -0.381. The van der Waals surface area contributed by atoms with E-state index >= 15 is 0 Å². The standard InChI is InChI=1S/C18H17FN2O2/c19-15-7-5-13(6-8-15)17(22)20-11-12-1-9-16(10-2-12)21-18(23)14-3-4-14/h1-2,5-10,14H,3-4,11H2,(H,20,22)(H,21,23). The lowest BCUT2D eigenvalue weighted by Crippen LogP contribution is -2.22. The molecule has 2 aromatic rings. The summed E-state index contributed by atoms with van der Waals surface area (Å²) in [6, 6.07) is 12.8. The maximum absolute atomic E-state index is 12.8. The van der Waals surface area contributed by atoms with Crippen LogP contribution in [0.2, 0.25) is 0 Å². The number of carbonyl (C=O) groups is 2. The van der Waals surface area contributed by atoms with E-state index in [1.54, 1.807) is 0 Å². The van der Waals surface area contributed by atoms with Gasteiger partial charge in [0, 0.05) is 23.7 Å². The van der Waals surface area contributed by atoms with Gasteiger partial charge in [0.15, 0.2) is 0 Å². The van der Waals surface area contributed by atoms with Crippen LogP contribution < -0.4 is 10.6 Å². The highest BCUT2D eigenvalue weighted by Gasteiger charge is 2.29. The number of nitrogens with one attached hydrogen (secondary N) is 2. The summed E-state index contributed by atoms with van der Waals surface area (Å²) in [4.78, 5) is 23.6. The number of hydrogen-bond acceptors (Lipinski definition) is 2. The van der Waals surface area contributed by atoms with Gasteiger partial charge >= 0.3 is 0 Å². The van der Waals surface area contributed by atoms with Crippen molar-refractivity contribution >= 4 is 17.5 Å². The van der Waals surface area contributed by atoms with Gasteiger partial charge in [-0.1, -0.05) is 12.1 Å². The van der Waals surface area contributed by atoms with Crippen molar-refractivity contribution < 1.29 is 14.0 Å². The second-order valence-electron chi connectivity index (χ2n) is 5.65. The molecular formula is C18H17FN2O2. The lowest BCUT2D eigenvalue weighted by molar-refractivity contribution is -0.117. The van der Waals surface area contributed by atoms with Crippen LogP contribution in [0.1, 0.15) is 28.8 Å². The Balaban J connectivity index is 1.52. The predicted molar refractivity (Wildman–Crippen MR) is 85.4 cm³/mol. The van der Waals surface area contributed by atoms with E-state index in [9.17, 15) is 14.0 Å². The fourth-order valence-electron chi connectivity index (χ4n) is 2.18. The van der Waals surface area contributed by atoms with Crippen LogP contribution in [0.15, 0.2) is 48.5 Å². The van der Waals surface area contributed by atoms with E-state index in [-0.39, 0.29) is 23.5 Å². The Morgan fingerprint density at radius 3 is 2.26 bits per heavy atom. The van der Waals surface area contributed by atoms with Gasteiger partial charge in [0.25, 0.3) is 5.91 Å². The molecule has 0 heterocycles. The second-order valence-corrected chi connectivity index (χ2v) is 5.65. The normalized spacial score (nSPS) is 13.4. The second kappa shape index (κ2) is 6.60. The van der Waals surface area contributed by atoms with Gasteiger partial charge in [0.2, 0.25) is 5.91 Å². The van der Waals surface area contributed by atoms with Crippen LogP contribution >= 0.6 is 0 Å². The number of halogens is 1. The van der Waals surface area contributed by atoms with Crippen LogP contribution in [0.5, 0.6) is 0 Å². The largest absolute Gasteiger partial charge is 0.348 e. The fraction of sp³-hybridized carbons (Fsp3) is 0.222. The number of amides is 2. The van der Waals surface area contributed by atoms with Crippen LogP contribution in [0.3, 0.4) is 0 Å². The van der Waals surface area contributed by atoms with Crippen molar-refractivity contribution in [1.29, 1.82) is 0 Å². The summed E-state index contributed by atoms with van der Waals surface area (Å²) in [7, 11) is 0. The van der Waals surface area contributed by atoms with E-state index in [1.165, 1.54) is 24.3 Å². The summed E-state index contributed by atoms with van der Waals surface area (Å²) >= 11 is 0. The maximum atomic E-state index is 12.8. The molecule has 5 heteroatoms. The lowest BCUT2D eigenvalue weighted by Gasteiger charge is -2.08. The van der Waals surface area contributed by atoms with E-state index in [4.69, 9.17) is 0 Å². The summed E-state index contributed by atoms with van der Waals surface area (Å²) in [6.45, 7) is 0.368. The molecule has 1 fully saturated rings. The Labute approximate surface area is 133 Å². The molecule has 0 saturated heterocycles. The average molecular weight is 312 g/mol. The van der Waals surface area contributed by atoms with Crippen molar-refractivity contribution in [1.82, 2.24) is 5.32 Å². The molecule has 0 radical (unpaired) electrons. The van der Waals surface area contributed by atoms with Crippen molar-refractivity contribution in [2.45, 2.75) is 19.4 Å². The molecular weight excluding hydrogens is 295 g/mol. The highest BCUT2D eigenvalue weighted by Crippen LogP contribution is 2.30. The van der Waals surface area contributed by atoms with Gasteiger partial charge in [0.05, 0.1) is 0 Å². The van der Waals surface area contributed by atoms with Crippen molar-refractivity contribution in [3.63, 3.8) is 0 Å². The molecule has 0 aliphatic heterocycles. The number of rotatable bonds is 5. The lowest BCUT2D eigenvalue weighted by atomic mass is 10.1. The Hall–Kier alpha value is -2.69. The zero-order valence-corrected chi connectivity index (χ0v) is 12.5. The summed E-state index contributed by atoms with van der Waals surface area (Å²) in [5, 5.41) is 5.64. The highest BCUT2D eigenvalue weighted by atomic mass is 19.1. The molecule has 3 rings (SSSR count). The van der Waals surface area contributed by atoms with E-state index in [0.717, 1.165) is 24.1 Å². The number of benzene rings is 2. The molecule has 0 unspecified atom stereocenters. The van der Waals surface area contributed by atoms with Crippen LogP contribution in [0, 0.1) is 11.7 Å². The Bertz CT molecular complexity index is 707. The van der Waals surface area contributed by atoms with E-state index in [1.807, 2.05) is 24.3 Å². The van der Waals surface area contributed by atoms with E-state index in [0.29, 0.717) is 12.1 Å². The minimum Gasteiger partial charge on any atom is -0.348 e. The minimum absolute atomic E-state index is 0.0716. The summed E-state index contributed by atoms with van der Waals surface area (Å²) in [5.41, 5.74) is 2.10. The smallest absolute Gasteiger partial charge is 0.251 e. The molecule has 2 aromatic carbocycles. The predicted octanol–water partition coefficient (Wildman–Crippen LogP) is 3.10. The SMILES string of the molecule is O=C(NCc1ccc(NC(=O)C2CC2)cc1)c1ccc(F)cc1. The Morgan fingerprint density at radius 2 is 1.65 bits per heavy atom. The molecule has 1 aliphatic rings. The number of carbonyl (C=O) groups excluding carboxylic acids is 2. The third-order valence-corrected chi connectivity index (χ3v) is 3.73. The zero-order valence-electron chi connectivity index (χ0n) is 12.5. The summed E-state index contributed by atoms with van der Waals surface area (Å²) < 4.78 is 12.8. The van der Waals surface area contributed by atoms with Gasteiger partial charge in [-0.05, 0) is 54.8 Å². The van der Waals surface area contributed by atoms with Gasteiger partial charge in [0.1, 0.15) is 5.82 Å². The third-order valence-electron chi connectivity index (χ3n) is 3.73. The monoisotopic (exact) mass is 312 g/mol. The van der Waals surface area contributed by atoms with Crippen molar-refractivity contribution in [3.05, 3.63) is 65.5 Å². The Kier molecular flexibility index (Phi) is 4.37. The van der Waals surface area contributed by atoms with Crippen molar-refractivity contribution in [3.8, 4) is 0 Å². The summed E-state index contributed by atoms with van der Waals surface area (Å²) in [6.07, 6.45) is 1.94. The first-order valence-electron chi connectivity index (χ1n) is 7.55. The van der Waals surface area contributed by atoms with Gasteiger partial charge < -0.3 is 10.6 Å².